The molecule has 1 aromatic heterocycles. The van der Waals surface area contributed by atoms with Crippen molar-refractivity contribution >= 4 is 17.4 Å². The van der Waals surface area contributed by atoms with Gasteiger partial charge in [0.15, 0.2) is 5.78 Å². The Morgan fingerprint density at radius 1 is 1.06 bits per heavy atom. The molecule has 0 atom stereocenters. The van der Waals surface area contributed by atoms with E-state index in [-0.39, 0.29) is 24.4 Å². The number of aliphatic hydroxyl groups is 3. The van der Waals surface area contributed by atoms with Crippen LogP contribution in [0.25, 0.3) is 11.3 Å². The molecule has 7 nitrogen and oxygen atoms in total. The molecular weight excluding hydrogens is 453 g/mol. The van der Waals surface area contributed by atoms with Gasteiger partial charge in [0, 0.05) is 41.3 Å². The lowest BCUT2D eigenvalue weighted by Crippen LogP contribution is -2.38. The van der Waals surface area contributed by atoms with E-state index in [0.717, 1.165) is 4.57 Å². The number of carbonyl (C=O) groups is 1. The predicted molar refractivity (Wildman–Crippen MR) is 111 cm³/mol. The number of benzene rings is 1. The van der Waals surface area contributed by atoms with E-state index < -0.39 is 62.1 Å². The highest BCUT2D eigenvalue weighted by Gasteiger charge is 2.31. The van der Waals surface area contributed by atoms with Crippen LogP contribution in [0, 0.1) is 5.41 Å². The summed E-state index contributed by atoms with van der Waals surface area (Å²) in [6.45, 7) is -2.50. The normalized spacial score (nSPS) is 12.2. The van der Waals surface area contributed by atoms with Crippen molar-refractivity contribution in [3.63, 3.8) is 0 Å². The summed E-state index contributed by atoms with van der Waals surface area (Å²) < 4.78 is 38.8. The lowest BCUT2D eigenvalue weighted by molar-refractivity contribution is -0.135. The summed E-state index contributed by atoms with van der Waals surface area (Å²) in [6.07, 6.45) is -6.41. The maximum Gasteiger partial charge on any atom is 0.389 e. The third kappa shape index (κ3) is 7.13. The molecule has 0 radical (unpaired) electrons. The van der Waals surface area contributed by atoms with Gasteiger partial charge in [0.05, 0.1) is 32.1 Å². The van der Waals surface area contributed by atoms with Crippen molar-refractivity contribution < 1.29 is 33.3 Å². The van der Waals surface area contributed by atoms with Gasteiger partial charge in [-0.05, 0) is 18.6 Å². The number of rotatable bonds is 11. The highest BCUT2D eigenvalue weighted by atomic mass is 35.5. The number of hydrogen-bond donors (Lipinski definition) is 3. The van der Waals surface area contributed by atoms with Crippen LogP contribution in [0.3, 0.4) is 0 Å². The van der Waals surface area contributed by atoms with Crippen LogP contribution in [0.2, 0.25) is 5.02 Å². The average Bonchev–Trinajstić information content (AvgIpc) is 2.74. The lowest BCUT2D eigenvalue weighted by atomic mass is 9.85. The van der Waals surface area contributed by atoms with Crippen LogP contribution in [-0.2, 0) is 17.8 Å². The predicted octanol–water partition coefficient (Wildman–Crippen LogP) is 2.37. The van der Waals surface area contributed by atoms with E-state index in [0.29, 0.717) is 10.6 Å². The van der Waals surface area contributed by atoms with Crippen LogP contribution in [0.15, 0.2) is 35.1 Å². The fraction of sp³-hybridized carbons (Fsp3) is 0.476. The van der Waals surface area contributed by atoms with Crippen LogP contribution in [0.1, 0.15) is 25.1 Å². The number of hydrogen-bond acceptors (Lipinski definition) is 6. The third-order valence-electron chi connectivity index (χ3n) is 5.00. The lowest BCUT2D eigenvalue weighted by Gasteiger charge is -2.26. The molecule has 0 saturated carbocycles. The minimum Gasteiger partial charge on any atom is -0.396 e. The molecular formula is C21H24ClF3N2O5. The number of halogens is 4. The Morgan fingerprint density at radius 3 is 2.19 bits per heavy atom. The van der Waals surface area contributed by atoms with Gasteiger partial charge >= 0.3 is 6.18 Å². The second-order valence-electron chi connectivity index (χ2n) is 7.65. The quantitative estimate of drug-likeness (QED) is 0.459. The zero-order chi connectivity index (χ0) is 23.9. The summed E-state index contributed by atoms with van der Waals surface area (Å²) in [5, 5.41) is 28.7. The fourth-order valence-electron chi connectivity index (χ4n) is 3.10. The monoisotopic (exact) mass is 476 g/mol. The number of aryl methyl sites for hydroxylation is 1. The van der Waals surface area contributed by atoms with E-state index in [1.54, 1.807) is 24.3 Å². The van der Waals surface area contributed by atoms with Gasteiger partial charge in [-0.1, -0.05) is 23.7 Å². The Balaban J connectivity index is 2.37. The van der Waals surface area contributed by atoms with Gasteiger partial charge < -0.3 is 15.3 Å². The highest BCUT2D eigenvalue weighted by Crippen LogP contribution is 2.24. The van der Waals surface area contributed by atoms with Gasteiger partial charge in [-0.15, -0.1) is 0 Å². The topological polar surface area (TPSA) is 113 Å². The largest absolute Gasteiger partial charge is 0.396 e. The molecule has 176 valence electrons. The first-order valence-corrected chi connectivity index (χ1v) is 10.2. The molecule has 1 heterocycles. The molecule has 0 aliphatic rings. The second kappa shape index (κ2) is 11.0. The minimum atomic E-state index is -4.38. The number of nitrogens with zero attached hydrogens (tertiary/aromatic N) is 2. The maximum absolute atomic E-state index is 12.7. The molecule has 32 heavy (non-hydrogen) atoms. The highest BCUT2D eigenvalue weighted by molar-refractivity contribution is 6.30. The zero-order valence-corrected chi connectivity index (χ0v) is 17.9. The molecule has 0 unspecified atom stereocenters. The molecule has 0 bridgehead atoms. The van der Waals surface area contributed by atoms with Crippen LogP contribution in [0.4, 0.5) is 13.2 Å². The van der Waals surface area contributed by atoms with Crippen molar-refractivity contribution in [2.75, 3.05) is 19.8 Å². The van der Waals surface area contributed by atoms with Crippen molar-refractivity contribution in [3.05, 3.63) is 51.5 Å². The second-order valence-corrected chi connectivity index (χ2v) is 8.08. The summed E-state index contributed by atoms with van der Waals surface area (Å²) in [6, 6.07) is 7.54. The standard InChI is InChI=1S/C21H24ClF3N2O5/c22-15-5-3-14(4-6-15)17-8-19(32)27(18(26-17)2-1-7-21(23,24)25)10-16(31)9-20(11-28,12-29)13-30/h3-6,8,28-30H,1-2,7,9-13H2. The Bertz CT molecular complexity index is 965. The average molecular weight is 477 g/mol. The molecule has 0 aliphatic carbocycles. The molecule has 1 aromatic carbocycles. The Morgan fingerprint density at radius 2 is 1.66 bits per heavy atom. The van der Waals surface area contributed by atoms with E-state index in [1.165, 1.54) is 6.07 Å². The molecule has 0 spiro atoms. The Labute approximate surface area is 187 Å². The van der Waals surface area contributed by atoms with Crippen molar-refractivity contribution in [2.45, 2.75) is 38.4 Å². The van der Waals surface area contributed by atoms with Crippen molar-refractivity contribution in [1.29, 1.82) is 0 Å². The SMILES string of the molecule is O=C(Cn1c(CCCC(F)(F)F)nc(-c2ccc(Cl)cc2)cc1=O)CC(CO)(CO)CO. The fourth-order valence-corrected chi connectivity index (χ4v) is 3.22. The number of ketones is 1. The van der Waals surface area contributed by atoms with E-state index in [9.17, 15) is 38.1 Å². The summed E-state index contributed by atoms with van der Waals surface area (Å²) >= 11 is 5.86. The summed E-state index contributed by atoms with van der Waals surface area (Å²) in [5.74, 6) is -0.593. The van der Waals surface area contributed by atoms with Crippen molar-refractivity contribution in [3.8, 4) is 11.3 Å². The molecule has 2 aromatic rings. The first-order chi connectivity index (χ1) is 15.0. The molecule has 11 heteroatoms. The van der Waals surface area contributed by atoms with Crippen LogP contribution in [0.5, 0.6) is 0 Å². The third-order valence-corrected chi connectivity index (χ3v) is 5.25. The summed E-state index contributed by atoms with van der Waals surface area (Å²) in [5.41, 5.74) is -1.34. The van der Waals surface area contributed by atoms with Gasteiger partial charge in [-0.2, -0.15) is 13.2 Å². The van der Waals surface area contributed by atoms with Crippen molar-refractivity contribution in [1.82, 2.24) is 9.55 Å². The zero-order valence-electron chi connectivity index (χ0n) is 17.1. The summed E-state index contributed by atoms with van der Waals surface area (Å²) in [4.78, 5) is 29.6. The molecule has 2 rings (SSSR count). The van der Waals surface area contributed by atoms with Gasteiger partial charge in [0.25, 0.3) is 5.56 Å². The van der Waals surface area contributed by atoms with Gasteiger partial charge in [0.1, 0.15) is 5.82 Å². The number of aliphatic hydroxyl groups excluding tert-OH is 3. The first-order valence-electron chi connectivity index (χ1n) is 9.80. The molecule has 0 saturated heterocycles. The van der Waals surface area contributed by atoms with Crippen molar-refractivity contribution in [2.24, 2.45) is 5.41 Å². The maximum atomic E-state index is 12.7. The molecule has 0 aliphatic heterocycles. The molecule has 0 fully saturated rings. The van der Waals surface area contributed by atoms with E-state index in [4.69, 9.17) is 11.6 Å². The van der Waals surface area contributed by atoms with E-state index in [2.05, 4.69) is 4.98 Å². The van der Waals surface area contributed by atoms with E-state index >= 15 is 0 Å². The summed E-state index contributed by atoms with van der Waals surface area (Å²) in [7, 11) is 0. The number of Topliss-reactive ketones (excluding diaryl/α,β-unsaturated/α-hetero) is 1. The van der Waals surface area contributed by atoms with E-state index in [1.807, 2.05) is 0 Å². The molecule has 0 amide bonds. The smallest absolute Gasteiger partial charge is 0.389 e. The molecule has 3 N–H and O–H groups in total. The van der Waals surface area contributed by atoms with Gasteiger partial charge in [-0.25, -0.2) is 4.98 Å². The Hall–Kier alpha value is -2.27. The number of carbonyl (C=O) groups excluding carboxylic acids is 1. The van der Waals surface area contributed by atoms with Gasteiger partial charge in [0.2, 0.25) is 0 Å². The number of alkyl halides is 3. The minimum absolute atomic E-state index is 0.00245. The van der Waals surface area contributed by atoms with Crippen LogP contribution in [-0.4, -0.2) is 56.7 Å². The van der Waals surface area contributed by atoms with Gasteiger partial charge in [-0.3, -0.25) is 14.2 Å². The van der Waals surface area contributed by atoms with Crippen LogP contribution >= 0.6 is 11.6 Å². The Kier molecular flexibility index (Phi) is 8.97. The first kappa shape index (κ1) is 26.0. The van der Waals surface area contributed by atoms with Crippen LogP contribution < -0.4 is 5.56 Å². The number of aromatic nitrogens is 2.